The highest BCUT2D eigenvalue weighted by atomic mass is 19.4. The molecule has 1 heterocycles. The fourth-order valence-electron chi connectivity index (χ4n) is 4.28. The summed E-state index contributed by atoms with van der Waals surface area (Å²) in [5.41, 5.74) is 3.41. The van der Waals surface area contributed by atoms with Gasteiger partial charge in [-0.3, -0.25) is 9.88 Å². The number of ether oxygens (including phenoxy) is 3. The van der Waals surface area contributed by atoms with E-state index >= 15 is 0 Å². The van der Waals surface area contributed by atoms with E-state index in [0.717, 1.165) is 21.9 Å². The normalized spacial score (nSPS) is 12.3. The van der Waals surface area contributed by atoms with E-state index in [4.69, 9.17) is 9.47 Å². The number of rotatable bonds is 6. The molecule has 4 aromatic carbocycles. The van der Waals surface area contributed by atoms with E-state index in [-0.39, 0.29) is 5.75 Å². The van der Waals surface area contributed by atoms with Crippen molar-refractivity contribution in [1.29, 1.82) is 0 Å². The topological polar surface area (TPSA) is 74.6 Å². The van der Waals surface area contributed by atoms with Crippen LogP contribution in [0.5, 0.6) is 11.5 Å². The Kier molecular flexibility index (Phi) is 6.54. The van der Waals surface area contributed by atoms with Crippen LogP contribution in [0.4, 0.5) is 23.7 Å². The fourth-order valence-corrected chi connectivity index (χ4v) is 4.28. The first kappa shape index (κ1) is 24.9. The molecular weight excluding hydrogens is 499 g/mol. The minimum absolute atomic E-state index is 0.299. The molecule has 0 aliphatic heterocycles. The van der Waals surface area contributed by atoms with Gasteiger partial charge in [-0.05, 0) is 60.8 Å². The van der Waals surface area contributed by atoms with Gasteiger partial charge in [0.2, 0.25) is 0 Å². The molecule has 1 amide bonds. The Balaban J connectivity index is 1.34. The first-order valence-electron chi connectivity index (χ1n) is 11.6. The third-order valence-electron chi connectivity index (χ3n) is 5.99. The second-order valence-electron chi connectivity index (χ2n) is 8.44. The molecule has 0 aliphatic rings. The van der Waals surface area contributed by atoms with Crippen LogP contribution < -0.4 is 14.8 Å². The van der Waals surface area contributed by atoms with Crippen molar-refractivity contribution < 1.29 is 32.2 Å². The van der Waals surface area contributed by atoms with Gasteiger partial charge in [0.05, 0.1) is 18.1 Å². The number of amides is 1. The van der Waals surface area contributed by atoms with Gasteiger partial charge in [-0.1, -0.05) is 30.3 Å². The van der Waals surface area contributed by atoms with Crippen LogP contribution in [0.3, 0.4) is 0 Å². The highest BCUT2D eigenvalue weighted by molar-refractivity contribution is 6.06. The lowest BCUT2D eigenvalue weighted by Gasteiger charge is -2.17. The van der Waals surface area contributed by atoms with Crippen LogP contribution in [0.2, 0.25) is 0 Å². The lowest BCUT2D eigenvalue weighted by atomic mass is 10.1. The number of fused-ring (bicyclic) bond motifs is 3. The summed E-state index contributed by atoms with van der Waals surface area (Å²) in [7, 11) is 1.56. The van der Waals surface area contributed by atoms with Gasteiger partial charge < -0.3 is 14.2 Å². The molecule has 38 heavy (non-hydrogen) atoms. The number of methoxy groups -OCH3 is 1. The van der Waals surface area contributed by atoms with E-state index in [9.17, 15) is 18.0 Å². The number of nitrogens with one attached hydrogen (secondary N) is 1. The Morgan fingerprint density at radius 1 is 1.00 bits per heavy atom. The van der Waals surface area contributed by atoms with Gasteiger partial charge in [-0.15, -0.1) is 13.2 Å². The van der Waals surface area contributed by atoms with E-state index in [1.54, 1.807) is 37.1 Å². The van der Waals surface area contributed by atoms with E-state index in [1.807, 2.05) is 42.5 Å². The molecule has 1 aromatic heterocycles. The average Bonchev–Trinajstić information content (AvgIpc) is 3.32. The highest BCUT2D eigenvalue weighted by Gasteiger charge is 2.31. The highest BCUT2D eigenvalue weighted by Crippen LogP contribution is 2.31. The summed E-state index contributed by atoms with van der Waals surface area (Å²) in [6, 6.07) is 22.0. The molecular formula is C28H22F3N3O4. The number of hydrogen-bond donors (Lipinski definition) is 1. The number of imidazole rings is 1. The van der Waals surface area contributed by atoms with Gasteiger partial charge in [-0.25, -0.2) is 9.78 Å². The van der Waals surface area contributed by atoms with Crippen molar-refractivity contribution in [1.82, 2.24) is 9.55 Å². The van der Waals surface area contributed by atoms with Crippen LogP contribution in [0, 0.1) is 0 Å². The summed E-state index contributed by atoms with van der Waals surface area (Å²) in [5.74, 6) is 0.333. The van der Waals surface area contributed by atoms with Crippen molar-refractivity contribution in [2.45, 2.75) is 19.4 Å². The summed E-state index contributed by atoms with van der Waals surface area (Å²) in [6.07, 6.45) is -4.28. The Morgan fingerprint density at radius 2 is 1.76 bits per heavy atom. The number of nitrogens with zero attached hydrogens (tertiary/aromatic N) is 2. The summed E-state index contributed by atoms with van der Waals surface area (Å²) >= 11 is 0. The predicted molar refractivity (Wildman–Crippen MR) is 137 cm³/mol. The van der Waals surface area contributed by atoms with Gasteiger partial charge >= 0.3 is 12.5 Å². The first-order valence-corrected chi connectivity index (χ1v) is 11.6. The zero-order valence-corrected chi connectivity index (χ0v) is 20.3. The number of hydrogen-bond acceptors (Lipinski definition) is 5. The van der Waals surface area contributed by atoms with Crippen molar-refractivity contribution in [2.24, 2.45) is 0 Å². The van der Waals surface area contributed by atoms with Crippen molar-refractivity contribution in [3.8, 4) is 17.2 Å². The van der Waals surface area contributed by atoms with Crippen molar-refractivity contribution in [3.05, 3.63) is 90.8 Å². The molecule has 5 rings (SSSR count). The molecule has 0 radical (unpaired) electrons. The van der Waals surface area contributed by atoms with Crippen molar-refractivity contribution in [2.75, 3.05) is 12.4 Å². The predicted octanol–water partition coefficient (Wildman–Crippen LogP) is 7.40. The maximum absolute atomic E-state index is 12.5. The van der Waals surface area contributed by atoms with Gasteiger partial charge in [0.15, 0.2) is 0 Å². The number of anilines is 1. The second-order valence-corrected chi connectivity index (χ2v) is 8.44. The van der Waals surface area contributed by atoms with Gasteiger partial charge in [0, 0.05) is 22.3 Å². The van der Waals surface area contributed by atoms with E-state index in [1.165, 1.54) is 24.3 Å². The number of carbonyl (C=O) groups excluding carboxylic acids is 1. The summed E-state index contributed by atoms with van der Waals surface area (Å²) < 4.78 is 53.9. The monoisotopic (exact) mass is 521 g/mol. The smallest absolute Gasteiger partial charge is 0.496 e. The Morgan fingerprint density at radius 3 is 2.50 bits per heavy atom. The quantitative estimate of drug-likeness (QED) is 0.252. The van der Waals surface area contributed by atoms with Crippen LogP contribution >= 0.6 is 0 Å². The summed E-state index contributed by atoms with van der Waals surface area (Å²) in [6.45, 7) is 1.77. The molecule has 194 valence electrons. The van der Waals surface area contributed by atoms with Crippen molar-refractivity contribution >= 4 is 33.6 Å². The maximum Gasteiger partial charge on any atom is 0.573 e. The SMILES string of the molecule is COc1ccccc1C(C)OC(=O)Nc1ccc2c(ccc3c2ncn3-c2ccc(OC(F)(F)F)cc2)c1. The summed E-state index contributed by atoms with van der Waals surface area (Å²) in [4.78, 5) is 17.1. The molecule has 0 spiro atoms. The summed E-state index contributed by atoms with van der Waals surface area (Å²) in [5, 5.41) is 4.44. The number of carbonyl (C=O) groups is 1. The third kappa shape index (κ3) is 5.19. The number of halogens is 3. The van der Waals surface area contributed by atoms with E-state index < -0.39 is 18.6 Å². The van der Waals surface area contributed by atoms with E-state index in [2.05, 4.69) is 15.0 Å². The number of benzene rings is 4. The second kappa shape index (κ2) is 9.97. The molecule has 0 saturated carbocycles. The van der Waals surface area contributed by atoms with Crippen LogP contribution in [0.25, 0.3) is 27.5 Å². The lowest BCUT2D eigenvalue weighted by Crippen LogP contribution is -2.17. The average molecular weight is 521 g/mol. The van der Waals surface area contributed by atoms with Gasteiger partial charge in [0.1, 0.15) is 23.9 Å². The lowest BCUT2D eigenvalue weighted by molar-refractivity contribution is -0.274. The number of aromatic nitrogens is 2. The molecule has 0 bridgehead atoms. The Hall–Kier alpha value is -4.73. The van der Waals surface area contributed by atoms with E-state index in [0.29, 0.717) is 22.6 Å². The largest absolute Gasteiger partial charge is 0.573 e. The fraction of sp³-hybridized carbons (Fsp3) is 0.143. The molecule has 0 saturated heterocycles. The Labute approximate surface area is 215 Å². The first-order chi connectivity index (χ1) is 18.2. The zero-order chi connectivity index (χ0) is 26.9. The van der Waals surface area contributed by atoms with Gasteiger partial charge in [0.25, 0.3) is 0 Å². The van der Waals surface area contributed by atoms with Crippen LogP contribution in [0.15, 0.2) is 85.2 Å². The molecule has 1 unspecified atom stereocenters. The molecule has 1 N–H and O–H groups in total. The number of alkyl halides is 3. The third-order valence-corrected chi connectivity index (χ3v) is 5.99. The van der Waals surface area contributed by atoms with Gasteiger partial charge in [-0.2, -0.15) is 0 Å². The molecule has 1 atom stereocenters. The molecule has 10 heteroatoms. The van der Waals surface area contributed by atoms with Crippen LogP contribution in [-0.4, -0.2) is 29.1 Å². The minimum Gasteiger partial charge on any atom is -0.496 e. The Bertz CT molecular complexity index is 1610. The molecule has 5 aromatic rings. The van der Waals surface area contributed by atoms with Crippen molar-refractivity contribution in [3.63, 3.8) is 0 Å². The standard InChI is InChI=1S/C28H22F3N3O4/c1-17(22-5-3-4-6-25(22)36-2)37-27(35)33-19-8-13-23-18(15-19)7-14-24-26(23)32-16-34(24)20-9-11-21(12-10-20)38-28(29,30)31/h3-17H,1-2H3,(H,33,35). The number of para-hydroxylation sites is 1. The molecule has 0 fully saturated rings. The molecule has 0 aliphatic carbocycles. The zero-order valence-electron chi connectivity index (χ0n) is 20.3. The maximum atomic E-state index is 12.5. The molecule has 7 nitrogen and oxygen atoms in total. The van der Waals surface area contributed by atoms with Crippen LogP contribution in [-0.2, 0) is 4.74 Å². The minimum atomic E-state index is -4.75. The van der Waals surface area contributed by atoms with Crippen LogP contribution in [0.1, 0.15) is 18.6 Å².